The number of hydrogen-bond donors (Lipinski definition) is 3. The standard InChI is InChI=1S/C52H95NO7S/c1-5-6-7-8-9-10-11-12-13-14-15-16-17-18-19-20-21-22-23-24-25-26-27-28-50(56)60-43-35-36-51(3)42(39-43)30-31-44-46-33-32-45(52(46,4)48(54)40-47(44)51)41(2)29-34-49(55)53-37-38-61(57,58)59/h41-48,54H,5-40H2,1-4H3,(H,53,55)(H,57,58,59). The van der Waals surface area contributed by atoms with Crippen LogP contribution < -0.4 is 5.32 Å². The zero-order valence-corrected chi connectivity index (χ0v) is 40.7. The molecule has 4 rings (SSSR count). The Morgan fingerprint density at radius 1 is 0.689 bits per heavy atom. The molecule has 9 heteroatoms. The first-order chi connectivity index (χ1) is 29.3. The van der Waals surface area contributed by atoms with E-state index >= 15 is 0 Å². The SMILES string of the molecule is CCCCCCCCCCCCCCCCCCCCCCCCCC(=O)OC1CCC2(C)C(CCC3C2CC(O)C2(C)C(C(C)CCC(=O)NCCS(=O)(=O)O)CCC32)C1. The van der Waals surface area contributed by atoms with Gasteiger partial charge in [0.05, 0.1) is 11.9 Å². The molecule has 4 saturated carbocycles. The quantitative estimate of drug-likeness (QED) is 0.0348. The highest BCUT2D eigenvalue weighted by atomic mass is 32.2. The summed E-state index contributed by atoms with van der Waals surface area (Å²) in [5.41, 5.74) is 0.00699. The van der Waals surface area contributed by atoms with Crippen LogP contribution in [0.2, 0.25) is 0 Å². The lowest BCUT2D eigenvalue weighted by Crippen LogP contribution is -2.59. The summed E-state index contributed by atoms with van der Waals surface area (Å²) in [4.78, 5) is 25.4. The van der Waals surface area contributed by atoms with Crippen LogP contribution in [0.1, 0.15) is 246 Å². The first-order valence-corrected chi connectivity index (χ1v) is 28.0. The van der Waals surface area contributed by atoms with Crippen LogP contribution in [0.3, 0.4) is 0 Å². The molecule has 4 aliphatic carbocycles. The number of ether oxygens (including phenoxy) is 1. The van der Waals surface area contributed by atoms with E-state index in [1.807, 2.05) is 0 Å². The van der Waals surface area contributed by atoms with Gasteiger partial charge in [-0.3, -0.25) is 14.1 Å². The van der Waals surface area contributed by atoms with Crippen LogP contribution in [-0.4, -0.2) is 54.5 Å². The first kappa shape index (κ1) is 52.4. The van der Waals surface area contributed by atoms with E-state index in [-0.39, 0.29) is 47.4 Å². The molecule has 10 unspecified atom stereocenters. The van der Waals surface area contributed by atoms with Gasteiger partial charge in [-0.1, -0.05) is 169 Å². The van der Waals surface area contributed by atoms with Crippen molar-refractivity contribution in [3.05, 3.63) is 0 Å². The molecule has 0 aliphatic heterocycles. The highest BCUT2D eigenvalue weighted by Gasteiger charge is 2.63. The number of amides is 1. The van der Waals surface area contributed by atoms with E-state index in [2.05, 4.69) is 33.0 Å². The van der Waals surface area contributed by atoms with Gasteiger partial charge in [0.1, 0.15) is 6.10 Å². The molecule has 10 atom stereocenters. The molecule has 1 amide bonds. The number of carbonyl (C=O) groups is 2. The van der Waals surface area contributed by atoms with Crippen molar-refractivity contribution in [3.63, 3.8) is 0 Å². The number of aliphatic hydroxyl groups excluding tert-OH is 1. The Balaban J connectivity index is 1.01. The van der Waals surface area contributed by atoms with E-state index in [0.29, 0.717) is 48.9 Å². The smallest absolute Gasteiger partial charge is 0.306 e. The number of carbonyl (C=O) groups excluding carboxylic acids is 2. The van der Waals surface area contributed by atoms with Crippen molar-refractivity contribution in [1.29, 1.82) is 0 Å². The topological polar surface area (TPSA) is 130 Å². The molecule has 4 fully saturated rings. The number of nitrogens with one attached hydrogen (secondary N) is 1. The number of rotatable bonds is 32. The molecule has 0 radical (unpaired) electrons. The van der Waals surface area contributed by atoms with E-state index in [0.717, 1.165) is 51.4 Å². The molecule has 0 aromatic rings. The van der Waals surface area contributed by atoms with Crippen LogP contribution in [0.25, 0.3) is 0 Å². The Morgan fingerprint density at radius 2 is 1.21 bits per heavy atom. The molecule has 8 nitrogen and oxygen atoms in total. The van der Waals surface area contributed by atoms with Crippen molar-refractivity contribution < 1.29 is 32.4 Å². The van der Waals surface area contributed by atoms with Gasteiger partial charge >= 0.3 is 5.97 Å². The predicted molar refractivity (Wildman–Crippen MR) is 251 cm³/mol. The maximum atomic E-state index is 12.9. The largest absolute Gasteiger partial charge is 0.462 e. The molecule has 0 bridgehead atoms. The van der Waals surface area contributed by atoms with Gasteiger partial charge < -0.3 is 15.2 Å². The minimum absolute atomic E-state index is 0.00338. The Kier molecular flexibility index (Phi) is 23.5. The first-order valence-electron chi connectivity index (χ1n) is 26.4. The van der Waals surface area contributed by atoms with E-state index in [4.69, 9.17) is 9.29 Å². The lowest BCUT2D eigenvalue weighted by atomic mass is 9.43. The second kappa shape index (κ2) is 27.3. The highest BCUT2D eigenvalue weighted by molar-refractivity contribution is 7.85. The van der Waals surface area contributed by atoms with Crippen LogP contribution in [0.5, 0.6) is 0 Å². The Labute approximate surface area is 375 Å². The minimum atomic E-state index is -4.10. The summed E-state index contributed by atoms with van der Waals surface area (Å²) in [6.45, 7) is 9.24. The summed E-state index contributed by atoms with van der Waals surface area (Å²) in [7, 11) is -4.10. The van der Waals surface area contributed by atoms with Gasteiger partial charge in [0.25, 0.3) is 10.1 Å². The second-order valence-electron chi connectivity index (χ2n) is 21.5. The summed E-state index contributed by atoms with van der Waals surface area (Å²) in [5, 5.41) is 14.6. The molecule has 0 aromatic carbocycles. The van der Waals surface area contributed by atoms with Crippen LogP contribution in [0.4, 0.5) is 0 Å². The average molecular weight is 878 g/mol. The molecular formula is C52H95NO7S. The van der Waals surface area contributed by atoms with Crippen LogP contribution >= 0.6 is 0 Å². The number of aliphatic hydroxyl groups is 1. The monoisotopic (exact) mass is 878 g/mol. The van der Waals surface area contributed by atoms with Crippen molar-refractivity contribution in [2.45, 2.75) is 258 Å². The van der Waals surface area contributed by atoms with Crippen LogP contribution in [0.15, 0.2) is 0 Å². The normalized spacial score (nSPS) is 30.3. The average Bonchev–Trinajstić information content (AvgIpc) is 3.59. The van der Waals surface area contributed by atoms with E-state index in [9.17, 15) is 23.1 Å². The van der Waals surface area contributed by atoms with E-state index in [1.165, 1.54) is 148 Å². The second-order valence-corrected chi connectivity index (χ2v) is 23.1. The van der Waals surface area contributed by atoms with Gasteiger partial charge in [-0.05, 0) is 111 Å². The summed E-state index contributed by atoms with van der Waals surface area (Å²) in [6, 6.07) is 0. The third-order valence-electron chi connectivity index (χ3n) is 17.3. The molecule has 4 aliphatic rings. The molecule has 61 heavy (non-hydrogen) atoms. The Bertz CT molecular complexity index is 1360. The lowest BCUT2D eigenvalue weighted by molar-refractivity contribution is -0.181. The maximum absolute atomic E-state index is 12.9. The maximum Gasteiger partial charge on any atom is 0.306 e. The van der Waals surface area contributed by atoms with E-state index < -0.39 is 15.9 Å². The zero-order chi connectivity index (χ0) is 44.1. The molecule has 0 saturated heterocycles. The molecule has 0 aromatic heterocycles. The summed E-state index contributed by atoms with van der Waals surface area (Å²) in [5.74, 6) is 2.06. The zero-order valence-electron chi connectivity index (χ0n) is 39.9. The van der Waals surface area contributed by atoms with E-state index in [1.54, 1.807) is 0 Å². The lowest BCUT2D eigenvalue weighted by Gasteiger charge is -2.62. The van der Waals surface area contributed by atoms with Crippen molar-refractivity contribution in [3.8, 4) is 0 Å². The fourth-order valence-electron chi connectivity index (χ4n) is 13.5. The van der Waals surface area contributed by atoms with Gasteiger partial charge in [0, 0.05) is 19.4 Å². The summed E-state index contributed by atoms with van der Waals surface area (Å²) in [6.07, 6.45) is 41.1. The number of unbranched alkanes of at least 4 members (excludes halogenated alkanes) is 22. The Morgan fingerprint density at radius 3 is 1.74 bits per heavy atom. The van der Waals surface area contributed by atoms with Crippen LogP contribution in [0, 0.1) is 46.3 Å². The summed E-state index contributed by atoms with van der Waals surface area (Å²) < 4.78 is 37.1. The summed E-state index contributed by atoms with van der Waals surface area (Å²) >= 11 is 0. The van der Waals surface area contributed by atoms with Gasteiger partial charge in [0.15, 0.2) is 0 Å². The highest BCUT2D eigenvalue weighted by Crippen LogP contribution is 2.68. The fraction of sp³-hybridized carbons (Fsp3) is 0.962. The molecule has 356 valence electrons. The van der Waals surface area contributed by atoms with Crippen molar-refractivity contribution >= 4 is 22.0 Å². The van der Waals surface area contributed by atoms with Crippen molar-refractivity contribution in [2.75, 3.05) is 12.3 Å². The molecule has 3 N–H and O–H groups in total. The fourth-order valence-corrected chi connectivity index (χ4v) is 13.9. The molecular weight excluding hydrogens is 783 g/mol. The van der Waals surface area contributed by atoms with Gasteiger partial charge in [0.2, 0.25) is 5.91 Å². The third-order valence-corrected chi connectivity index (χ3v) is 18.0. The molecule has 0 heterocycles. The predicted octanol–water partition coefficient (Wildman–Crippen LogP) is 13.3. The number of hydrogen-bond acceptors (Lipinski definition) is 6. The third kappa shape index (κ3) is 17.0. The molecule has 0 spiro atoms. The minimum Gasteiger partial charge on any atom is -0.462 e. The number of esters is 1. The van der Waals surface area contributed by atoms with Gasteiger partial charge in [-0.25, -0.2) is 0 Å². The van der Waals surface area contributed by atoms with Gasteiger partial charge in [-0.2, -0.15) is 8.42 Å². The van der Waals surface area contributed by atoms with Crippen LogP contribution in [-0.2, 0) is 24.4 Å². The van der Waals surface area contributed by atoms with Crippen molar-refractivity contribution in [1.82, 2.24) is 5.32 Å². The Hall–Kier alpha value is -1.19. The van der Waals surface area contributed by atoms with Gasteiger partial charge in [-0.15, -0.1) is 0 Å². The number of fused-ring (bicyclic) bond motifs is 5. The van der Waals surface area contributed by atoms with Crippen molar-refractivity contribution in [2.24, 2.45) is 46.3 Å².